The van der Waals surface area contributed by atoms with Crippen LogP contribution in [0, 0.1) is 0 Å². The minimum absolute atomic E-state index is 0.0343. The smallest absolute Gasteiger partial charge is 0.146 e. The maximum absolute atomic E-state index is 6.32. The zero-order valence-electron chi connectivity index (χ0n) is 32.6. The van der Waals surface area contributed by atoms with E-state index in [9.17, 15) is 0 Å². The number of hydrogen-bond donors (Lipinski definition) is 0. The molecule has 0 amide bonds. The number of benzene rings is 4. The first kappa shape index (κ1) is 38.9. The van der Waals surface area contributed by atoms with Crippen LogP contribution in [0.3, 0.4) is 0 Å². The molecule has 0 N–H and O–H groups in total. The number of rotatable bonds is 3. The molecule has 0 fully saturated rings. The zero-order chi connectivity index (χ0) is 37.0. The van der Waals surface area contributed by atoms with Crippen LogP contribution in [0.15, 0.2) is 93.8 Å². The molecule has 0 radical (unpaired) electrons. The lowest BCUT2D eigenvalue weighted by Crippen LogP contribution is -2.13. The maximum atomic E-state index is 6.32. The molecular weight excluding hydrogens is 693 g/mol. The summed E-state index contributed by atoms with van der Waals surface area (Å²) in [6, 6.07) is 20.9. The van der Waals surface area contributed by atoms with Crippen molar-refractivity contribution in [1.82, 2.24) is 0 Å². The van der Waals surface area contributed by atoms with Crippen LogP contribution in [0.2, 0.25) is 0 Å². The van der Waals surface area contributed by atoms with Gasteiger partial charge in [-0.1, -0.05) is 130 Å². The Balaban J connectivity index is 1.92. The summed E-state index contributed by atoms with van der Waals surface area (Å²) >= 11 is 7.01. The third kappa shape index (κ3) is 8.48. The second-order valence-corrected chi connectivity index (χ2v) is 21.5. The van der Waals surface area contributed by atoms with Crippen molar-refractivity contribution < 1.29 is 14.2 Å². The summed E-state index contributed by atoms with van der Waals surface area (Å²) in [4.78, 5) is 8.85. The Morgan fingerprint density at radius 2 is 0.540 bits per heavy atom. The molecule has 0 saturated heterocycles. The fourth-order valence-electron chi connectivity index (χ4n) is 5.70. The van der Waals surface area contributed by atoms with Gasteiger partial charge < -0.3 is 14.2 Å². The van der Waals surface area contributed by atoms with E-state index < -0.39 is 0 Å². The summed E-state index contributed by atoms with van der Waals surface area (Å²) in [5.41, 5.74) is 4.83. The van der Waals surface area contributed by atoms with E-state index >= 15 is 0 Å². The highest BCUT2D eigenvalue weighted by molar-refractivity contribution is 8.01. The van der Waals surface area contributed by atoms with Gasteiger partial charge in [-0.2, -0.15) is 0 Å². The molecule has 4 aromatic carbocycles. The van der Waals surface area contributed by atoms with Gasteiger partial charge in [0, 0.05) is 9.79 Å². The Labute approximate surface area is 318 Å². The first-order chi connectivity index (χ1) is 23.1. The number of fused-ring (bicyclic) bond motifs is 8. The van der Waals surface area contributed by atoms with Gasteiger partial charge >= 0.3 is 0 Å². The number of hydrogen-bond acceptors (Lipinski definition) is 7. The Morgan fingerprint density at radius 1 is 0.320 bits per heavy atom. The van der Waals surface area contributed by atoms with Gasteiger partial charge in [-0.05, 0) is 98.5 Å². The highest BCUT2D eigenvalue weighted by Crippen LogP contribution is 2.54. The largest absolute Gasteiger partial charge is 0.494 e. The third-order valence-electron chi connectivity index (χ3n) is 8.91. The maximum Gasteiger partial charge on any atom is 0.146 e. The third-order valence-corrected chi connectivity index (χ3v) is 13.0. The van der Waals surface area contributed by atoms with Crippen molar-refractivity contribution in [3.05, 3.63) is 76.9 Å². The molecule has 0 aliphatic carbocycles. The average molecular weight is 747 g/mol. The first-order valence-electron chi connectivity index (χ1n) is 17.2. The van der Waals surface area contributed by atoms with Crippen LogP contribution in [-0.2, 0) is 21.7 Å². The van der Waals surface area contributed by atoms with Crippen LogP contribution in [0.25, 0.3) is 0 Å². The monoisotopic (exact) mass is 746 g/mol. The lowest BCUT2D eigenvalue weighted by Gasteiger charge is -2.27. The molecule has 1 aliphatic heterocycles. The zero-order valence-corrected chi connectivity index (χ0v) is 35.8. The van der Waals surface area contributed by atoms with Gasteiger partial charge in [0.2, 0.25) is 0 Å². The lowest BCUT2D eigenvalue weighted by atomic mass is 9.87. The second-order valence-electron chi connectivity index (χ2n) is 17.1. The molecule has 3 nitrogen and oxygen atoms in total. The Kier molecular flexibility index (Phi) is 11.1. The van der Waals surface area contributed by atoms with E-state index in [0.29, 0.717) is 0 Å². The van der Waals surface area contributed by atoms with Crippen LogP contribution < -0.4 is 14.2 Å². The van der Waals surface area contributed by atoms with Gasteiger partial charge in [-0.15, -0.1) is 0 Å². The molecule has 0 spiro atoms. The van der Waals surface area contributed by atoms with Crippen molar-refractivity contribution >= 4 is 47.0 Å². The van der Waals surface area contributed by atoms with Gasteiger partial charge in [0.15, 0.2) is 0 Å². The van der Waals surface area contributed by atoms with Crippen molar-refractivity contribution in [3.8, 4) is 17.2 Å². The van der Waals surface area contributed by atoms with Crippen molar-refractivity contribution in [2.75, 3.05) is 21.3 Å². The van der Waals surface area contributed by atoms with Gasteiger partial charge in [0.1, 0.15) is 17.2 Å². The molecule has 0 aromatic heterocycles. The summed E-state index contributed by atoms with van der Waals surface area (Å²) in [5.74, 6) is 2.62. The highest BCUT2D eigenvalue weighted by Gasteiger charge is 2.28. The topological polar surface area (TPSA) is 27.7 Å². The predicted octanol–water partition coefficient (Wildman–Crippen LogP) is 13.8. The SMILES string of the molecule is COc1c2cc(C(C)(C)C)cc1Sc1cc(C(C)(C)C)cc(c1OC)Sc1cc(C(C)(C)C)cc(c1OC)Sc1cc(cc(C(C)(C)C)c1)S2. The molecule has 50 heavy (non-hydrogen) atoms. The normalized spacial score (nSPS) is 14.0. The van der Waals surface area contributed by atoms with Gasteiger partial charge in [-0.25, -0.2) is 0 Å². The molecule has 0 unspecified atom stereocenters. The van der Waals surface area contributed by atoms with Gasteiger partial charge in [-0.3, -0.25) is 0 Å². The van der Waals surface area contributed by atoms with Crippen LogP contribution in [0.1, 0.15) is 105 Å². The van der Waals surface area contributed by atoms with Gasteiger partial charge in [0.25, 0.3) is 0 Å². The fourth-order valence-corrected chi connectivity index (χ4v) is 10.5. The van der Waals surface area contributed by atoms with E-state index in [-0.39, 0.29) is 21.7 Å². The Hall–Kier alpha value is -2.32. The quantitative estimate of drug-likeness (QED) is 0.181. The van der Waals surface area contributed by atoms with Crippen molar-refractivity contribution in [2.24, 2.45) is 0 Å². The standard InChI is InChI=1S/C43H54O3S4/c1-40(2,3)25-16-29-24-30(17-25)48-32-19-27(42(7,8)9)21-34(38(32)45-14)50-36-23-28(43(10,11)12)22-35(39(36)46-15)49-33-20-26(41(4,5)6)18-31(47-29)37(33)44-13/h16-24H,1-15H3. The summed E-state index contributed by atoms with van der Waals surface area (Å²) in [5, 5.41) is 0. The molecule has 5 rings (SSSR count). The molecule has 268 valence electrons. The van der Waals surface area contributed by atoms with Crippen LogP contribution in [0.4, 0.5) is 0 Å². The van der Waals surface area contributed by atoms with E-state index in [0.717, 1.165) is 46.6 Å². The molecule has 0 saturated carbocycles. The molecular formula is C43H54O3S4. The van der Waals surface area contributed by atoms with Gasteiger partial charge in [0.05, 0.1) is 50.7 Å². The van der Waals surface area contributed by atoms with Crippen LogP contribution in [0.5, 0.6) is 17.2 Å². The van der Waals surface area contributed by atoms with E-state index in [1.807, 2.05) is 0 Å². The summed E-state index contributed by atoms with van der Waals surface area (Å²) < 4.78 is 18.9. The van der Waals surface area contributed by atoms with E-state index in [4.69, 9.17) is 14.2 Å². The fraction of sp³-hybridized carbons (Fsp3) is 0.442. The molecule has 7 heteroatoms. The molecule has 4 aromatic rings. The number of ether oxygens (including phenoxy) is 3. The van der Waals surface area contributed by atoms with Crippen LogP contribution >= 0.6 is 47.0 Å². The second kappa shape index (κ2) is 14.2. The summed E-state index contributed by atoms with van der Waals surface area (Å²) in [6.45, 7) is 27.4. The molecule has 0 atom stereocenters. The molecule has 8 bridgehead atoms. The van der Waals surface area contributed by atoms with Crippen molar-refractivity contribution in [2.45, 2.75) is 144 Å². The highest BCUT2D eigenvalue weighted by atomic mass is 32.2. The molecule has 1 heterocycles. The van der Waals surface area contributed by atoms with E-state index in [1.165, 1.54) is 32.0 Å². The minimum Gasteiger partial charge on any atom is -0.494 e. The van der Waals surface area contributed by atoms with E-state index in [2.05, 4.69) is 138 Å². The predicted molar refractivity (Wildman–Crippen MR) is 217 cm³/mol. The Morgan fingerprint density at radius 3 is 0.760 bits per heavy atom. The summed E-state index contributed by atoms with van der Waals surface area (Å²) in [6.07, 6.45) is 0. The van der Waals surface area contributed by atoms with Crippen molar-refractivity contribution in [3.63, 3.8) is 0 Å². The summed E-state index contributed by atoms with van der Waals surface area (Å²) in [7, 11) is 5.37. The number of methoxy groups -OCH3 is 3. The molecule has 1 aliphatic rings. The van der Waals surface area contributed by atoms with Crippen molar-refractivity contribution in [1.29, 1.82) is 0 Å². The Bertz CT molecular complexity index is 1780. The van der Waals surface area contributed by atoms with Crippen LogP contribution in [-0.4, -0.2) is 21.3 Å². The average Bonchev–Trinajstić information content (AvgIpc) is 2.98. The lowest BCUT2D eigenvalue weighted by molar-refractivity contribution is 0.389. The van der Waals surface area contributed by atoms with E-state index in [1.54, 1.807) is 68.4 Å². The minimum atomic E-state index is -0.0814. The first-order valence-corrected chi connectivity index (χ1v) is 20.4.